The van der Waals surface area contributed by atoms with Crippen LogP contribution in [0.15, 0.2) is 35.0 Å². The van der Waals surface area contributed by atoms with E-state index in [9.17, 15) is 0 Å². The van der Waals surface area contributed by atoms with E-state index in [1.807, 2.05) is 6.07 Å². The van der Waals surface area contributed by atoms with E-state index in [0.29, 0.717) is 5.88 Å². The number of anilines is 1. The maximum atomic E-state index is 5.82. The van der Waals surface area contributed by atoms with Gasteiger partial charge < -0.3 is 15.0 Å². The minimum absolute atomic E-state index is 0.148. The van der Waals surface area contributed by atoms with Gasteiger partial charge in [-0.2, -0.15) is 0 Å². The van der Waals surface area contributed by atoms with E-state index in [1.54, 1.807) is 13.3 Å². The van der Waals surface area contributed by atoms with E-state index in [1.165, 1.54) is 5.56 Å². The zero-order valence-electron chi connectivity index (χ0n) is 10.3. The van der Waals surface area contributed by atoms with Crippen LogP contribution in [0.1, 0.15) is 18.4 Å². The molecule has 2 N–H and O–H groups in total. The minimum Gasteiger partial charge on any atom is -0.384 e. The van der Waals surface area contributed by atoms with Crippen LogP contribution in [0.4, 0.5) is 5.88 Å². The lowest BCUT2D eigenvalue weighted by Crippen LogP contribution is -2.15. The Morgan fingerprint density at radius 2 is 2.11 bits per heavy atom. The quantitative estimate of drug-likeness (QED) is 0.898. The summed E-state index contributed by atoms with van der Waals surface area (Å²) < 4.78 is 10.3. The van der Waals surface area contributed by atoms with Crippen molar-refractivity contribution >= 4 is 5.88 Å². The number of hydrogen-bond acceptors (Lipinski definition) is 4. The molecule has 4 heteroatoms. The lowest BCUT2D eigenvalue weighted by Gasteiger charge is -2.18. The van der Waals surface area contributed by atoms with Crippen LogP contribution in [-0.4, -0.2) is 18.9 Å². The number of nitrogens with zero attached hydrogens (tertiary/aromatic N) is 1. The molecule has 0 bridgehead atoms. The summed E-state index contributed by atoms with van der Waals surface area (Å²) in [4.78, 5) is 0. The van der Waals surface area contributed by atoms with Gasteiger partial charge in [0, 0.05) is 12.5 Å². The van der Waals surface area contributed by atoms with Crippen molar-refractivity contribution in [1.82, 2.24) is 5.16 Å². The summed E-state index contributed by atoms with van der Waals surface area (Å²) in [5, 5.41) is 3.76. The number of nitrogens with two attached hydrogens (primary N) is 1. The summed E-state index contributed by atoms with van der Waals surface area (Å²) in [6.45, 7) is 0.745. The summed E-state index contributed by atoms with van der Waals surface area (Å²) in [6.07, 6.45) is 3.99. The molecule has 3 rings (SSSR count). The van der Waals surface area contributed by atoms with Crippen molar-refractivity contribution in [3.8, 4) is 11.1 Å². The number of rotatable bonds is 4. The maximum Gasteiger partial charge on any atom is 0.229 e. The van der Waals surface area contributed by atoms with E-state index < -0.39 is 0 Å². The highest BCUT2D eigenvalue weighted by Crippen LogP contribution is 2.51. The maximum absolute atomic E-state index is 5.82. The highest BCUT2D eigenvalue weighted by molar-refractivity contribution is 5.76. The first kappa shape index (κ1) is 11.3. The van der Waals surface area contributed by atoms with Gasteiger partial charge in [0.15, 0.2) is 0 Å². The normalized spacial score (nSPS) is 16.7. The second-order valence-corrected chi connectivity index (χ2v) is 4.86. The molecule has 4 nitrogen and oxygen atoms in total. The van der Waals surface area contributed by atoms with Crippen LogP contribution < -0.4 is 5.73 Å². The standard InChI is InChI=1S/C14H16N2O2/c1-17-9-14(6-7-14)12-5-3-2-4-10(12)11-8-16-18-13(11)15/h2-5,8H,6-7,9,15H2,1H3. The van der Waals surface area contributed by atoms with Gasteiger partial charge in [-0.05, 0) is 24.0 Å². The number of methoxy groups -OCH3 is 1. The topological polar surface area (TPSA) is 61.3 Å². The van der Waals surface area contributed by atoms with Crippen molar-refractivity contribution in [3.63, 3.8) is 0 Å². The molecule has 0 spiro atoms. The fourth-order valence-electron chi connectivity index (χ4n) is 2.55. The lowest BCUT2D eigenvalue weighted by atomic mass is 9.89. The Morgan fingerprint density at radius 3 is 2.72 bits per heavy atom. The fraction of sp³-hybridized carbons (Fsp3) is 0.357. The Bertz CT molecular complexity index is 558. The van der Waals surface area contributed by atoms with Crippen LogP contribution >= 0.6 is 0 Å². The molecule has 0 radical (unpaired) electrons. The Hall–Kier alpha value is -1.81. The van der Waals surface area contributed by atoms with Crippen LogP contribution in [0.3, 0.4) is 0 Å². The number of aromatic nitrogens is 1. The fourth-order valence-corrected chi connectivity index (χ4v) is 2.55. The summed E-state index contributed by atoms with van der Waals surface area (Å²) >= 11 is 0. The molecule has 0 aliphatic heterocycles. The molecule has 0 amide bonds. The number of nitrogen functional groups attached to an aromatic ring is 1. The van der Waals surface area contributed by atoms with Crippen LogP contribution in [0.25, 0.3) is 11.1 Å². The minimum atomic E-state index is 0.148. The SMILES string of the molecule is COCC1(c2ccccc2-c2cnoc2N)CC1. The third-order valence-corrected chi connectivity index (χ3v) is 3.66. The summed E-state index contributed by atoms with van der Waals surface area (Å²) in [6, 6.07) is 8.27. The summed E-state index contributed by atoms with van der Waals surface area (Å²) in [5.74, 6) is 0.371. The van der Waals surface area contributed by atoms with Gasteiger partial charge in [-0.15, -0.1) is 0 Å². The molecule has 1 aromatic carbocycles. The van der Waals surface area contributed by atoms with Crippen LogP contribution in [-0.2, 0) is 10.2 Å². The van der Waals surface area contributed by atoms with Crippen molar-refractivity contribution < 1.29 is 9.26 Å². The zero-order valence-corrected chi connectivity index (χ0v) is 10.3. The van der Waals surface area contributed by atoms with Gasteiger partial charge in [0.25, 0.3) is 0 Å². The monoisotopic (exact) mass is 244 g/mol. The predicted molar refractivity (Wildman–Crippen MR) is 69.1 cm³/mol. The van der Waals surface area contributed by atoms with Crippen molar-refractivity contribution in [2.45, 2.75) is 18.3 Å². The lowest BCUT2D eigenvalue weighted by molar-refractivity contribution is 0.171. The summed E-state index contributed by atoms with van der Waals surface area (Å²) in [7, 11) is 1.75. The molecule has 2 aromatic rings. The van der Waals surface area contributed by atoms with Gasteiger partial charge in [-0.3, -0.25) is 0 Å². The molecule has 1 saturated carbocycles. The van der Waals surface area contributed by atoms with Crippen molar-refractivity contribution in [1.29, 1.82) is 0 Å². The van der Waals surface area contributed by atoms with Gasteiger partial charge in [0.2, 0.25) is 5.88 Å². The third-order valence-electron chi connectivity index (χ3n) is 3.66. The van der Waals surface area contributed by atoms with E-state index in [2.05, 4.69) is 23.4 Å². The summed E-state index contributed by atoms with van der Waals surface area (Å²) in [5.41, 5.74) is 9.22. The molecule has 1 aliphatic carbocycles. The molecule has 94 valence electrons. The molecular weight excluding hydrogens is 228 g/mol. The third kappa shape index (κ3) is 1.69. The smallest absolute Gasteiger partial charge is 0.229 e. The number of hydrogen-bond donors (Lipinski definition) is 1. The number of ether oxygens (including phenoxy) is 1. The highest BCUT2D eigenvalue weighted by Gasteiger charge is 2.45. The molecule has 0 saturated heterocycles. The van der Waals surface area contributed by atoms with Crippen molar-refractivity contribution in [3.05, 3.63) is 36.0 Å². The molecule has 0 unspecified atom stereocenters. The largest absolute Gasteiger partial charge is 0.384 e. The first-order valence-electron chi connectivity index (χ1n) is 6.06. The van der Waals surface area contributed by atoms with Gasteiger partial charge in [-0.25, -0.2) is 0 Å². The molecule has 18 heavy (non-hydrogen) atoms. The molecular formula is C14H16N2O2. The molecule has 0 atom stereocenters. The Morgan fingerprint density at radius 1 is 1.33 bits per heavy atom. The predicted octanol–water partition coefficient (Wildman–Crippen LogP) is 2.60. The van der Waals surface area contributed by atoms with E-state index in [-0.39, 0.29) is 5.41 Å². The van der Waals surface area contributed by atoms with Crippen molar-refractivity contribution in [2.24, 2.45) is 0 Å². The van der Waals surface area contributed by atoms with E-state index >= 15 is 0 Å². The van der Waals surface area contributed by atoms with Gasteiger partial charge in [0.1, 0.15) is 0 Å². The van der Waals surface area contributed by atoms with Gasteiger partial charge >= 0.3 is 0 Å². The Balaban J connectivity index is 2.09. The average molecular weight is 244 g/mol. The van der Waals surface area contributed by atoms with E-state index in [0.717, 1.165) is 30.6 Å². The highest BCUT2D eigenvalue weighted by atomic mass is 16.5. The zero-order chi connectivity index (χ0) is 12.6. The first-order valence-corrected chi connectivity index (χ1v) is 6.06. The molecule has 1 heterocycles. The molecule has 1 aromatic heterocycles. The Labute approximate surface area is 106 Å². The second kappa shape index (κ2) is 4.14. The van der Waals surface area contributed by atoms with Crippen LogP contribution in [0, 0.1) is 0 Å². The van der Waals surface area contributed by atoms with E-state index in [4.69, 9.17) is 15.0 Å². The van der Waals surface area contributed by atoms with Gasteiger partial charge in [0.05, 0.1) is 18.4 Å². The molecule has 1 aliphatic rings. The van der Waals surface area contributed by atoms with Gasteiger partial charge in [-0.1, -0.05) is 29.4 Å². The molecule has 1 fully saturated rings. The van der Waals surface area contributed by atoms with Crippen LogP contribution in [0.2, 0.25) is 0 Å². The first-order chi connectivity index (χ1) is 8.77. The second-order valence-electron chi connectivity index (χ2n) is 4.86. The Kier molecular flexibility index (Phi) is 2.59. The number of benzene rings is 1. The van der Waals surface area contributed by atoms with Crippen LogP contribution in [0.5, 0.6) is 0 Å². The average Bonchev–Trinajstić information content (AvgIpc) is 3.04. The van der Waals surface area contributed by atoms with Crippen molar-refractivity contribution in [2.75, 3.05) is 19.5 Å².